The first kappa shape index (κ1) is 26.5. The van der Waals surface area contributed by atoms with Crippen molar-refractivity contribution in [3.8, 4) is 0 Å². The number of halogens is 1. The summed E-state index contributed by atoms with van der Waals surface area (Å²) in [6, 6.07) is 7.68. The molecular weight excluding hydrogens is 556 g/mol. The number of fused-ring (bicyclic) bond motifs is 1. The molecule has 0 spiro atoms. The number of carbonyl (C=O) groups is 1. The maximum Gasteiger partial charge on any atom is 0.333 e. The Bertz CT molecular complexity index is 1450. The van der Waals surface area contributed by atoms with E-state index in [1.807, 2.05) is 36.9 Å². The van der Waals surface area contributed by atoms with Gasteiger partial charge in [-0.25, -0.2) is 15.1 Å². The van der Waals surface area contributed by atoms with Gasteiger partial charge in [0.05, 0.1) is 28.4 Å². The highest BCUT2D eigenvalue weighted by Gasteiger charge is 2.35. The Morgan fingerprint density at radius 2 is 2.11 bits per heavy atom. The molecule has 1 aliphatic carbocycles. The van der Waals surface area contributed by atoms with Gasteiger partial charge in [-0.3, -0.25) is 8.98 Å². The Balaban J connectivity index is 1.34. The molecule has 5 rings (SSSR count). The minimum Gasteiger partial charge on any atom is -0.393 e. The van der Waals surface area contributed by atoms with Crippen molar-refractivity contribution in [3.05, 3.63) is 73.8 Å². The van der Waals surface area contributed by atoms with Crippen molar-refractivity contribution in [2.45, 2.75) is 42.9 Å². The third-order valence-corrected chi connectivity index (χ3v) is 9.74. The molecule has 196 valence electrons. The van der Waals surface area contributed by atoms with Crippen molar-refractivity contribution in [1.29, 1.82) is 0 Å². The van der Waals surface area contributed by atoms with Crippen LogP contribution >= 0.6 is 34.7 Å². The molecule has 2 aromatic heterocycles. The fourth-order valence-electron chi connectivity index (χ4n) is 4.85. The van der Waals surface area contributed by atoms with E-state index in [-0.39, 0.29) is 23.7 Å². The number of nitrogens with two attached hydrogens (primary N) is 1. The number of hydrogen-bond acceptors (Lipinski definition) is 10. The van der Waals surface area contributed by atoms with Gasteiger partial charge in [0, 0.05) is 33.8 Å². The van der Waals surface area contributed by atoms with Crippen molar-refractivity contribution >= 4 is 56.6 Å². The molecule has 1 aromatic carbocycles. The van der Waals surface area contributed by atoms with Gasteiger partial charge in [0.25, 0.3) is 0 Å². The number of anilines is 1. The van der Waals surface area contributed by atoms with E-state index in [2.05, 4.69) is 25.5 Å². The zero-order chi connectivity index (χ0) is 26.3. The highest BCUT2D eigenvalue weighted by molar-refractivity contribution is 7.99. The summed E-state index contributed by atoms with van der Waals surface area (Å²) in [4.78, 5) is 23.6. The van der Waals surface area contributed by atoms with Crippen LogP contribution in [0.3, 0.4) is 0 Å². The lowest BCUT2D eigenvalue weighted by Crippen LogP contribution is -2.24. The summed E-state index contributed by atoms with van der Waals surface area (Å²) < 4.78 is 26.9. The molecule has 4 N–H and O–H groups in total. The van der Waals surface area contributed by atoms with E-state index >= 15 is 0 Å². The Hall–Kier alpha value is -2.06. The van der Waals surface area contributed by atoms with E-state index in [1.54, 1.807) is 0 Å². The maximum atomic E-state index is 13.6. The average molecular weight is 581 g/mol. The number of thioether (sulfide) groups is 1. The highest BCUT2D eigenvalue weighted by atomic mass is 35.5. The number of aliphatic hydroxyl groups is 1. The topological polar surface area (TPSA) is 144 Å². The Morgan fingerprint density at radius 3 is 2.89 bits per heavy atom. The number of rotatable bonds is 8. The predicted molar refractivity (Wildman–Crippen MR) is 144 cm³/mol. The van der Waals surface area contributed by atoms with Gasteiger partial charge in [0.2, 0.25) is 5.78 Å². The van der Waals surface area contributed by atoms with Crippen molar-refractivity contribution in [2.75, 3.05) is 11.9 Å². The monoisotopic (exact) mass is 580 g/mol. The zero-order valence-corrected chi connectivity index (χ0v) is 23.0. The first-order valence-corrected chi connectivity index (χ1v) is 15.3. The fourth-order valence-corrected chi connectivity index (χ4v) is 7.91. The lowest BCUT2D eigenvalue weighted by molar-refractivity contribution is 0.101. The minimum absolute atomic E-state index is 0.118. The van der Waals surface area contributed by atoms with Gasteiger partial charge in [-0.1, -0.05) is 17.7 Å². The summed E-state index contributed by atoms with van der Waals surface area (Å²) in [5.41, 5.74) is 3.87. The molecule has 1 saturated carbocycles. The van der Waals surface area contributed by atoms with Gasteiger partial charge in [0.1, 0.15) is 12.1 Å². The Kier molecular flexibility index (Phi) is 7.60. The van der Waals surface area contributed by atoms with E-state index in [9.17, 15) is 18.3 Å². The molecule has 1 fully saturated rings. The second kappa shape index (κ2) is 10.6. The largest absolute Gasteiger partial charge is 0.393 e. The number of ketones is 1. The van der Waals surface area contributed by atoms with Gasteiger partial charge >= 0.3 is 10.3 Å². The van der Waals surface area contributed by atoms with Crippen LogP contribution in [0.2, 0.25) is 5.02 Å². The number of benzene rings is 1. The number of nitrogens with one attached hydrogen (secondary N) is 1. The highest BCUT2D eigenvalue weighted by Crippen LogP contribution is 2.49. The summed E-state index contributed by atoms with van der Waals surface area (Å²) in [5.74, 6) is 0.654. The van der Waals surface area contributed by atoms with Crippen molar-refractivity contribution in [1.82, 2.24) is 9.97 Å². The molecule has 0 amide bonds. The standard InChI is InChI=1S/C24H25ClN4O5S3/c1-12-17(23-18-5-15(25)3-2-13(18)10-35-23)7-21(36-12)22(31)19-8-27-11-28-24(19)29-16-4-14(20(30)6-16)9-34-37(26,32)33/h2-3,5,7-8,11,14,16,20,23,30H,4,6,9-10H2,1H3,(H2,26,32,33)(H,27,28,29)/t14?,16?,20?,23-/m1/s1. The van der Waals surface area contributed by atoms with Crippen LogP contribution in [0.25, 0.3) is 0 Å². The van der Waals surface area contributed by atoms with Crippen molar-refractivity contribution in [3.63, 3.8) is 0 Å². The third kappa shape index (κ3) is 5.85. The first-order valence-electron chi connectivity index (χ1n) is 11.6. The molecule has 3 unspecified atom stereocenters. The van der Waals surface area contributed by atoms with Crippen LogP contribution in [-0.2, 0) is 20.2 Å². The average Bonchev–Trinajstić information content (AvgIpc) is 3.53. The van der Waals surface area contributed by atoms with Crippen LogP contribution in [0.5, 0.6) is 0 Å². The summed E-state index contributed by atoms with van der Waals surface area (Å²) in [7, 11) is -4.09. The summed E-state index contributed by atoms with van der Waals surface area (Å²) in [6.45, 7) is 1.81. The van der Waals surface area contributed by atoms with Gasteiger partial charge < -0.3 is 10.4 Å². The Labute approximate surface area is 228 Å². The van der Waals surface area contributed by atoms with Crippen molar-refractivity contribution < 1.29 is 22.5 Å². The molecule has 4 atom stereocenters. The predicted octanol–water partition coefficient (Wildman–Crippen LogP) is 3.84. The third-order valence-electron chi connectivity index (χ3n) is 6.66. The van der Waals surface area contributed by atoms with Crippen LogP contribution in [0.15, 0.2) is 36.8 Å². The molecule has 3 heterocycles. The van der Waals surface area contributed by atoms with Crippen LogP contribution in [-0.4, -0.2) is 48.0 Å². The lowest BCUT2D eigenvalue weighted by atomic mass is 10.00. The number of nitrogens with zero attached hydrogens (tertiary/aromatic N) is 2. The summed E-state index contributed by atoms with van der Waals surface area (Å²) in [5, 5.41) is 19.3. The lowest BCUT2D eigenvalue weighted by Gasteiger charge is -2.15. The van der Waals surface area contributed by atoms with Crippen LogP contribution in [0.4, 0.5) is 5.82 Å². The number of aromatic nitrogens is 2. The molecule has 13 heteroatoms. The maximum absolute atomic E-state index is 13.6. The summed E-state index contributed by atoms with van der Waals surface area (Å²) >= 11 is 9.52. The molecular formula is C24H25ClN4O5S3. The minimum atomic E-state index is -4.09. The molecule has 1 aliphatic heterocycles. The molecule has 2 aliphatic rings. The van der Waals surface area contributed by atoms with E-state index < -0.39 is 22.3 Å². The van der Waals surface area contributed by atoms with Crippen LogP contribution in [0, 0.1) is 12.8 Å². The quantitative estimate of drug-likeness (QED) is 0.338. The molecule has 0 saturated heterocycles. The van der Waals surface area contributed by atoms with Gasteiger partial charge in [-0.15, -0.1) is 23.1 Å². The fraction of sp³-hybridized carbons (Fsp3) is 0.375. The smallest absolute Gasteiger partial charge is 0.333 e. The number of aliphatic hydroxyl groups excluding tert-OH is 1. The molecule has 3 aromatic rings. The van der Waals surface area contributed by atoms with Gasteiger partial charge in [0.15, 0.2) is 0 Å². The second-order valence-corrected chi connectivity index (χ2v) is 13.2. The summed E-state index contributed by atoms with van der Waals surface area (Å²) in [6.07, 6.45) is 2.84. The SMILES string of the molecule is Cc1sc(C(=O)c2cncnc2NC2CC(O)C(COS(N)(=O)=O)C2)cc1[C@H]1SCc2ccc(Cl)cc21. The number of aryl methyl sites for hydroxylation is 1. The van der Waals surface area contributed by atoms with Crippen molar-refractivity contribution in [2.24, 2.45) is 11.1 Å². The van der Waals surface area contributed by atoms with Crippen LogP contribution < -0.4 is 10.5 Å². The molecule has 37 heavy (non-hydrogen) atoms. The number of thiophene rings is 1. The van der Waals surface area contributed by atoms with E-state index in [0.717, 1.165) is 16.2 Å². The van der Waals surface area contributed by atoms with E-state index in [1.165, 1.54) is 35.0 Å². The molecule has 0 radical (unpaired) electrons. The number of hydrogen-bond donors (Lipinski definition) is 3. The second-order valence-electron chi connectivity index (χ2n) is 9.19. The van der Waals surface area contributed by atoms with Crippen LogP contribution in [0.1, 0.15) is 54.9 Å². The zero-order valence-electron chi connectivity index (χ0n) is 19.8. The Morgan fingerprint density at radius 1 is 1.30 bits per heavy atom. The number of carbonyl (C=O) groups excluding carboxylic acids is 1. The van der Waals surface area contributed by atoms with Gasteiger partial charge in [-0.2, -0.15) is 8.42 Å². The van der Waals surface area contributed by atoms with Gasteiger partial charge in [-0.05, 0) is 54.7 Å². The van der Waals surface area contributed by atoms with E-state index in [4.69, 9.17) is 16.7 Å². The van der Waals surface area contributed by atoms with E-state index in [0.29, 0.717) is 34.1 Å². The molecule has 0 bridgehead atoms. The normalized spacial score (nSPS) is 23.2. The first-order chi connectivity index (χ1) is 17.6. The molecule has 9 nitrogen and oxygen atoms in total.